The third-order valence-corrected chi connectivity index (χ3v) is 13.0. The number of ether oxygens (including phenoxy) is 2. The first-order valence-corrected chi connectivity index (χ1v) is 21.9. The van der Waals surface area contributed by atoms with Crippen LogP contribution in [0.15, 0.2) is 109 Å². The monoisotopic (exact) mass is 884 g/mol. The number of aliphatic carboxylic acids is 1. The Hall–Kier alpha value is -6.17. The molecule has 0 fully saturated rings. The molecule has 9 nitrogen and oxygen atoms in total. The average Bonchev–Trinajstić information content (AvgIpc) is 3.48. The van der Waals surface area contributed by atoms with E-state index < -0.39 is 35.1 Å². The van der Waals surface area contributed by atoms with E-state index in [1.54, 1.807) is 12.4 Å². The average molecular weight is 885 g/mol. The van der Waals surface area contributed by atoms with Crippen LogP contribution in [0.2, 0.25) is 5.02 Å². The van der Waals surface area contributed by atoms with Crippen molar-refractivity contribution < 1.29 is 33.0 Å². The zero-order valence-electron chi connectivity index (χ0n) is 36.3. The predicted molar refractivity (Wildman–Crippen MR) is 243 cm³/mol. The third-order valence-electron chi connectivity index (χ3n) is 12.6. The number of hydrogen-bond donors (Lipinski definition) is 2. The molecule has 2 N–H and O–H groups in total. The van der Waals surface area contributed by atoms with Gasteiger partial charge >= 0.3 is 5.97 Å². The first-order valence-electron chi connectivity index (χ1n) is 21.6. The Balaban J connectivity index is 0.977. The minimum absolute atomic E-state index is 0.00735. The third kappa shape index (κ3) is 10.1. The minimum Gasteiger partial charge on any atom is -0.493 e. The van der Waals surface area contributed by atoms with Crippen LogP contribution in [0, 0.1) is 25.5 Å². The molecule has 4 aromatic carbocycles. The molecule has 6 aromatic rings. The summed E-state index contributed by atoms with van der Waals surface area (Å²) in [6.45, 7) is 9.32. The summed E-state index contributed by atoms with van der Waals surface area (Å²) in [5, 5.41) is 13.7. The summed E-state index contributed by atoms with van der Waals surface area (Å²) in [6, 6.07) is 27.1. The fourth-order valence-electron chi connectivity index (χ4n) is 8.75. The normalized spacial score (nSPS) is 16.7. The van der Waals surface area contributed by atoms with Crippen molar-refractivity contribution in [3.05, 3.63) is 176 Å². The van der Waals surface area contributed by atoms with Crippen LogP contribution in [0.25, 0.3) is 11.1 Å². The number of halogens is 3. The highest BCUT2D eigenvalue weighted by Crippen LogP contribution is 2.38. The van der Waals surface area contributed by atoms with Crippen molar-refractivity contribution in [2.24, 2.45) is 0 Å². The molecule has 2 aliphatic heterocycles. The zero-order valence-corrected chi connectivity index (χ0v) is 37.1. The van der Waals surface area contributed by atoms with Crippen LogP contribution < -0.4 is 14.8 Å². The number of amides is 1. The van der Waals surface area contributed by atoms with E-state index in [2.05, 4.69) is 44.5 Å². The van der Waals surface area contributed by atoms with Gasteiger partial charge in [0.25, 0.3) is 0 Å². The molecule has 0 spiro atoms. The number of aryl methyl sites for hydroxylation is 1. The number of carbonyl (C=O) groups is 2. The number of carbonyl (C=O) groups excluding carboxylic acids is 1. The highest BCUT2D eigenvalue weighted by molar-refractivity contribution is 6.31. The summed E-state index contributed by atoms with van der Waals surface area (Å²) >= 11 is 6.77. The lowest BCUT2D eigenvalue weighted by Gasteiger charge is -2.37. The lowest BCUT2D eigenvalue weighted by molar-refractivity contribution is -0.142. The van der Waals surface area contributed by atoms with E-state index in [4.69, 9.17) is 21.1 Å². The lowest BCUT2D eigenvalue weighted by atomic mass is 9.85. The summed E-state index contributed by atoms with van der Waals surface area (Å²) < 4.78 is 40.4. The molecule has 12 heteroatoms. The topological polar surface area (TPSA) is 114 Å². The van der Waals surface area contributed by atoms with Gasteiger partial charge in [-0.1, -0.05) is 61.8 Å². The molecule has 0 saturated heterocycles. The molecule has 2 aromatic heterocycles. The quantitative estimate of drug-likeness (QED) is 0.118. The highest BCUT2D eigenvalue weighted by Gasteiger charge is 2.36. The van der Waals surface area contributed by atoms with Gasteiger partial charge in [0, 0.05) is 54.1 Å². The van der Waals surface area contributed by atoms with Crippen LogP contribution in [0.4, 0.5) is 8.78 Å². The van der Waals surface area contributed by atoms with Gasteiger partial charge in [-0.2, -0.15) is 0 Å². The van der Waals surface area contributed by atoms with Gasteiger partial charge in [0.2, 0.25) is 5.91 Å². The van der Waals surface area contributed by atoms with Gasteiger partial charge in [-0.25, -0.2) is 13.6 Å². The van der Waals surface area contributed by atoms with Gasteiger partial charge < -0.3 is 19.9 Å². The van der Waals surface area contributed by atoms with E-state index in [-0.39, 0.29) is 24.9 Å². The van der Waals surface area contributed by atoms with Crippen LogP contribution >= 0.6 is 11.6 Å². The van der Waals surface area contributed by atoms with Gasteiger partial charge in [0.1, 0.15) is 29.2 Å². The lowest BCUT2D eigenvalue weighted by Crippen LogP contribution is -2.54. The molecule has 1 amide bonds. The SMILES string of the molecule is Cc1nccc(-c2ccc(C[C@H](NC(=O)[C@@H]3Cc4cc5c(cc4CN3Cc3ccccn3)CC(c3ccc(OCC(C)(C)c4cc(F)cc(F)c4)cc3)CCO5)C(=O)O)c(Cl)c2)c1C. The number of nitrogens with zero attached hydrogens (tertiary/aromatic N) is 3. The van der Waals surface area contributed by atoms with E-state index in [1.807, 2.05) is 82.3 Å². The molecule has 0 aliphatic carbocycles. The second-order valence-electron chi connectivity index (χ2n) is 17.6. The van der Waals surface area contributed by atoms with Crippen molar-refractivity contribution >= 4 is 23.5 Å². The van der Waals surface area contributed by atoms with Gasteiger partial charge in [0.15, 0.2) is 0 Å². The maximum atomic E-state index is 14.3. The maximum Gasteiger partial charge on any atom is 0.326 e. The molecule has 1 unspecified atom stereocenters. The van der Waals surface area contributed by atoms with E-state index >= 15 is 0 Å². The first kappa shape index (κ1) is 44.4. The number of hydrogen-bond acceptors (Lipinski definition) is 7. The summed E-state index contributed by atoms with van der Waals surface area (Å²) in [7, 11) is 0. The van der Waals surface area contributed by atoms with Gasteiger partial charge in [-0.3, -0.25) is 19.7 Å². The zero-order chi connectivity index (χ0) is 45.1. The highest BCUT2D eigenvalue weighted by atomic mass is 35.5. The molecule has 3 atom stereocenters. The number of pyridine rings is 2. The molecule has 0 saturated carbocycles. The van der Waals surface area contributed by atoms with Crippen LogP contribution in [0.5, 0.6) is 11.5 Å². The van der Waals surface area contributed by atoms with Crippen LogP contribution in [-0.4, -0.2) is 57.1 Å². The number of aromatic nitrogens is 2. The molecular weight excluding hydrogens is 834 g/mol. The Kier molecular flexibility index (Phi) is 13.1. The van der Waals surface area contributed by atoms with Crippen molar-refractivity contribution in [1.82, 2.24) is 20.2 Å². The predicted octanol–water partition coefficient (Wildman–Crippen LogP) is 9.90. The number of carboxylic acids is 1. The van der Waals surface area contributed by atoms with Gasteiger partial charge in [-0.15, -0.1) is 0 Å². The summed E-state index contributed by atoms with van der Waals surface area (Å²) in [5.74, 6) is -1.15. The Morgan fingerprint density at radius 1 is 0.922 bits per heavy atom. The number of benzene rings is 4. The van der Waals surface area contributed by atoms with Crippen LogP contribution in [0.1, 0.15) is 76.5 Å². The summed E-state index contributed by atoms with van der Waals surface area (Å²) in [6.07, 6.45) is 5.38. The van der Waals surface area contributed by atoms with Crippen LogP contribution in [-0.2, 0) is 47.4 Å². The second kappa shape index (κ2) is 18.9. The Bertz CT molecular complexity index is 2660. The van der Waals surface area contributed by atoms with Crippen molar-refractivity contribution in [3.63, 3.8) is 0 Å². The second-order valence-corrected chi connectivity index (χ2v) is 18.0. The minimum atomic E-state index is -1.22. The molecule has 64 heavy (non-hydrogen) atoms. The number of rotatable bonds is 13. The molecule has 4 heterocycles. The number of fused-ring (bicyclic) bond motifs is 2. The van der Waals surface area contributed by atoms with E-state index in [9.17, 15) is 23.5 Å². The molecule has 8 rings (SSSR count). The van der Waals surface area contributed by atoms with Gasteiger partial charge in [-0.05, 0) is 144 Å². The van der Waals surface area contributed by atoms with Crippen molar-refractivity contribution in [2.45, 2.75) is 89.9 Å². The largest absolute Gasteiger partial charge is 0.493 e. The molecule has 0 radical (unpaired) electrons. The molecule has 330 valence electrons. The van der Waals surface area contributed by atoms with Crippen LogP contribution in [0.3, 0.4) is 0 Å². The first-order chi connectivity index (χ1) is 30.7. The van der Waals surface area contributed by atoms with E-state index in [1.165, 1.54) is 12.1 Å². The van der Waals surface area contributed by atoms with E-state index in [0.717, 1.165) is 75.0 Å². The Morgan fingerprint density at radius 3 is 2.42 bits per heavy atom. The van der Waals surface area contributed by atoms with Crippen molar-refractivity contribution in [1.29, 1.82) is 0 Å². The van der Waals surface area contributed by atoms with Gasteiger partial charge in [0.05, 0.1) is 24.9 Å². The molecular formula is C52H51ClF2N4O5. The van der Waals surface area contributed by atoms with Crippen molar-refractivity contribution in [2.75, 3.05) is 13.2 Å². The standard InChI is InChI=1S/C52H51ClF2N4O5/c1-31-32(2)56-17-14-45(31)35-8-9-36(46(53)21-35)22-47(51(61)62)58-50(60)48-23-37-24-49-38(20-39(37)28-59(48)29-43-7-5-6-16-57-43)19-34(15-18-63-49)33-10-12-44(13-11-33)64-30-52(3,4)40-25-41(54)27-42(55)26-40/h5-14,16-17,20-21,24-27,34,47-48H,15,18-19,22-23,28-30H2,1-4H3,(H,58,60)(H,61,62)/t34?,47-,48-/m0/s1. The fraction of sp³-hybridized carbons (Fsp3) is 0.308. The maximum absolute atomic E-state index is 14.3. The Labute approximate surface area is 377 Å². The number of carboxylic acid groups (broad SMARTS) is 1. The summed E-state index contributed by atoms with van der Waals surface area (Å²) in [4.78, 5) is 38.0. The summed E-state index contributed by atoms with van der Waals surface area (Å²) in [5.41, 5.74) is 9.44. The van der Waals surface area contributed by atoms with Crippen molar-refractivity contribution in [3.8, 4) is 22.6 Å². The van der Waals surface area contributed by atoms with E-state index in [0.29, 0.717) is 48.0 Å². The fourth-order valence-corrected chi connectivity index (χ4v) is 9.01. The Morgan fingerprint density at radius 2 is 1.70 bits per heavy atom. The smallest absolute Gasteiger partial charge is 0.326 e. The molecule has 0 bridgehead atoms. The number of nitrogens with one attached hydrogen (secondary N) is 1. The molecule has 2 aliphatic rings.